The lowest BCUT2D eigenvalue weighted by atomic mass is 9.93. The van der Waals surface area contributed by atoms with E-state index in [2.05, 4.69) is 25.5 Å². The Morgan fingerprint density at radius 3 is 2.61 bits per heavy atom. The number of rotatable bonds is 5. The Kier molecular flexibility index (Phi) is 4.96. The van der Waals surface area contributed by atoms with E-state index in [0.29, 0.717) is 12.4 Å². The molecule has 4 nitrogen and oxygen atoms in total. The zero-order chi connectivity index (χ0) is 13.8. The van der Waals surface area contributed by atoms with Crippen molar-refractivity contribution >= 4 is 5.97 Å². The SMILES string of the molecule is COC(=O)c1ccc(C(C)OCCC(C)(C)C)o1. The summed E-state index contributed by atoms with van der Waals surface area (Å²) in [4.78, 5) is 11.2. The van der Waals surface area contributed by atoms with Crippen LogP contribution in [0.3, 0.4) is 0 Å². The van der Waals surface area contributed by atoms with Crippen molar-refractivity contribution in [1.82, 2.24) is 0 Å². The molecule has 0 amide bonds. The molecule has 1 unspecified atom stereocenters. The van der Waals surface area contributed by atoms with Crippen LogP contribution in [-0.4, -0.2) is 19.7 Å². The summed E-state index contributed by atoms with van der Waals surface area (Å²) in [6.45, 7) is 9.08. The number of hydrogen-bond acceptors (Lipinski definition) is 4. The highest BCUT2D eigenvalue weighted by Crippen LogP contribution is 2.23. The number of carbonyl (C=O) groups excluding carboxylic acids is 1. The highest BCUT2D eigenvalue weighted by atomic mass is 16.5. The fourth-order valence-corrected chi connectivity index (χ4v) is 1.41. The molecule has 4 heteroatoms. The van der Waals surface area contributed by atoms with E-state index in [-0.39, 0.29) is 17.3 Å². The van der Waals surface area contributed by atoms with Crippen molar-refractivity contribution in [3.05, 3.63) is 23.7 Å². The lowest BCUT2D eigenvalue weighted by Gasteiger charge is -2.19. The maximum Gasteiger partial charge on any atom is 0.373 e. The van der Waals surface area contributed by atoms with Gasteiger partial charge in [-0.25, -0.2) is 4.79 Å². The monoisotopic (exact) mass is 254 g/mol. The molecule has 0 aromatic carbocycles. The molecule has 1 rings (SSSR count). The largest absolute Gasteiger partial charge is 0.463 e. The molecule has 0 aliphatic rings. The van der Waals surface area contributed by atoms with E-state index in [9.17, 15) is 4.79 Å². The molecule has 0 spiro atoms. The van der Waals surface area contributed by atoms with Crippen LogP contribution < -0.4 is 0 Å². The molecular weight excluding hydrogens is 232 g/mol. The van der Waals surface area contributed by atoms with Gasteiger partial charge in [0.05, 0.1) is 7.11 Å². The molecule has 0 fully saturated rings. The summed E-state index contributed by atoms with van der Waals surface area (Å²) in [5.41, 5.74) is 0.250. The standard InChI is InChI=1S/C14H22O4/c1-10(17-9-8-14(2,3)4)11-6-7-12(18-11)13(15)16-5/h6-7,10H,8-9H2,1-5H3. The third-order valence-corrected chi connectivity index (χ3v) is 2.63. The van der Waals surface area contributed by atoms with Crippen molar-refractivity contribution in [3.8, 4) is 0 Å². The average Bonchev–Trinajstić information content (AvgIpc) is 2.75. The van der Waals surface area contributed by atoms with Crippen molar-refractivity contribution in [2.75, 3.05) is 13.7 Å². The van der Waals surface area contributed by atoms with Crippen molar-refractivity contribution in [2.45, 2.75) is 40.2 Å². The normalized spacial score (nSPS) is 13.4. The van der Waals surface area contributed by atoms with Crippen LogP contribution in [-0.2, 0) is 9.47 Å². The maximum absolute atomic E-state index is 11.2. The lowest BCUT2D eigenvalue weighted by Crippen LogP contribution is -2.11. The number of ether oxygens (including phenoxy) is 2. The fourth-order valence-electron chi connectivity index (χ4n) is 1.41. The summed E-state index contributed by atoms with van der Waals surface area (Å²) in [5, 5.41) is 0. The summed E-state index contributed by atoms with van der Waals surface area (Å²) in [6.07, 6.45) is 0.813. The lowest BCUT2D eigenvalue weighted by molar-refractivity contribution is 0.0330. The molecule has 1 aromatic heterocycles. The van der Waals surface area contributed by atoms with E-state index in [1.165, 1.54) is 7.11 Å². The van der Waals surface area contributed by atoms with Crippen LogP contribution in [0.1, 0.15) is 56.5 Å². The maximum atomic E-state index is 11.2. The first-order chi connectivity index (χ1) is 8.33. The second kappa shape index (κ2) is 6.05. The van der Waals surface area contributed by atoms with E-state index in [0.717, 1.165) is 6.42 Å². The van der Waals surface area contributed by atoms with Gasteiger partial charge in [-0.1, -0.05) is 20.8 Å². The van der Waals surface area contributed by atoms with Gasteiger partial charge in [-0.2, -0.15) is 0 Å². The van der Waals surface area contributed by atoms with Crippen LogP contribution in [0.2, 0.25) is 0 Å². The smallest absolute Gasteiger partial charge is 0.373 e. The third kappa shape index (κ3) is 4.53. The quantitative estimate of drug-likeness (QED) is 0.753. The van der Waals surface area contributed by atoms with Crippen molar-refractivity contribution in [3.63, 3.8) is 0 Å². The van der Waals surface area contributed by atoms with Gasteiger partial charge in [0.2, 0.25) is 5.76 Å². The van der Waals surface area contributed by atoms with Gasteiger partial charge < -0.3 is 13.9 Å². The highest BCUT2D eigenvalue weighted by molar-refractivity contribution is 5.86. The molecule has 0 aliphatic heterocycles. The summed E-state index contributed by atoms with van der Waals surface area (Å²) in [6, 6.07) is 3.35. The van der Waals surface area contributed by atoms with E-state index in [1.54, 1.807) is 12.1 Å². The van der Waals surface area contributed by atoms with E-state index in [4.69, 9.17) is 9.15 Å². The molecule has 102 valence electrons. The predicted molar refractivity (Wildman–Crippen MR) is 68.5 cm³/mol. The number of furan rings is 1. The number of carbonyl (C=O) groups is 1. The molecule has 1 atom stereocenters. The summed E-state index contributed by atoms with van der Waals surface area (Å²) < 4.78 is 15.6. The Balaban J connectivity index is 2.49. The van der Waals surface area contributed by atoms with Gasteiger partial charge in [0.25, 0.3) is 0 Å². The van der Waals surface area contributed by atoms with Crippen LogP contribution in [0, 0.1) is 5.41 Å². The van der Waals surface area contributed by atoms with Gasteiger partial charge in [-0.05, 0) is 30.9 Å². The predicted octanol–water partition coefficient (Wildman–Crippen LogP) is 3.58. The molecule has 1 aromatic rings. The minimum absolute atomic E-state index is 0.161. The zero-order valence-electron chi connectivity index (χ0n) is 11.8. The van der Waals surface area contributed by atoms with Gasteiger partial charge in [-0.15, -0.1) is 0 Å². The first-order valence-corrected chi connectivity index (χ1v) is 6.13. The van der Waals surface area contributed by atoms with Crippen LogP contribution in [0.4, 0.5) is 0 Å². The zero-order valence-corrected chi connectivity index (χ0v) is 11.8. The molecule has 0 N–H and O–H groups in total. The van der Waals surface area contributed by atoms with Crippen LogP contribution in [0.15, 0.2) is 16.5 Å². The van der Waals surface area contributed by atoms with E-state index in [1.807, 2.05) is 6.92 Å². The highest BCUT2D eigenvalue weighted by Gasteiger charge is 2.17. The van der Waals surface area contributed by atoms with E-state index < -0.39 is 5.97 Å². The molecule has 1 heterocycles. The van der Waals surface area contributed by atoms with Crippen LogP contribution >= 0.6 is 0 Å². The summed E-state index contributed by atoms with van der Waals surface area (Å²) >= 11 is 0. The molecule has 0 bridgehead atoms. The Hall–Kier alpha value is -1.29. The minimum Gasteiger partial charge on any atom is -0.463 e. The first-order valence-electron chi connectivity index (χ1n) is 6.13. The van der Waals surface area contributed by atoms with Crippen LogP contribution in [0.25, 0.3) is 0 Å². The number of hydrogen-bond donors (Lipinski definition) is 0. The minimum atomic E-state index is -0.469. The van der Waals surface area contributed by atoms with Gasteiger partial charge in [-0.3, -0.25) is 0 Å². The van der Waals surface area contributed by atoms with Gasteiger partial charge in [0.15, 0.2) is 0 Å². The number of esters is 1. The first kappa shape index (κ1) is 14.8. The molecule has 0 saturated carbocycles. The Morgan fingerprint density at radius 2 is 2.06 bits per heavy atom. The molecular formula is C14H22O4. The molecule has 0 saturated heterocycles. The van der Waals surface area contributed by atoms with E-state index >= 15 is 0 Å². The summed E-state index contributed by atoms with van der Waals surface area (Å²) in [5.74, 6) is 0.381. The second-order valence-corrected chi connectivity index (χ2v) is 5.52. The molecule has 18 heavy (non-hydrogen) atoms. The molecule has 0 radical (unpaired) electrons. The van der Waals surface area contributed by atoms with Gasteiger partial charge in [0.1, 0.15) is 11.9 Å². The number of methoxy groups -OCH3 is 1. The van der Waals surface area contributed by atoms with Crippen LogP contribution in [0.5, 0.6) is 0 Å². The van der Waals surface area contributed by atoms with Gasteiger partial charge >= 0.3 is 5.97 Å². The van der Waals surface area contributed by atoms with Crippen molar-refractivity contribution in [1.29, 1.82) is 0 Å². The van der Waals surface area contributed by atoms with Crippen molar-refractivity contribution in [2.24, 2.45) is 5.41 Å². The Labute approximate surface area is 108 Å². The topological polar surface area (TPSA) is 48.7 Å². The van der Waals surface area contributed by atoms with Crippen molar-refractivity contribution < 1.29 is 18.7 Å². The van der Waals surface area contributed by atoms with Gasteiger partial charge in [0, 0.05) is 6.61 Å². The summed E-state index contributed by atoms with van der Waals surface area (Å²) in [7, 11) is 1.33. The third-order valence-electron chi connectivity index (χ3n) is 2.63. The molecule has 0 aliphatic carbocycles. The Bertz CT molecular complexity index is 387. The Morgan fingerprint density at radius 1 is 1.39 bits per heavy atom. The second-order valence-electron chi connectivity index (χ2n) is 5.52. The fraction of sp³-hybridized carbons (Fsp3) is 0.643. The average molecular weight is 254 g/mol.